The van der Waals surface area contributed by atoms with Crippen LogP contribution in [0.3, 0.4) is 0 Å². The monoisotopic (exact) mass is 404 g/mol. The van der Waals surface area contributed by atoms with Crippen molar-refractivity contribution in [3.63, 3.8) is 0 Å². The molecule has 0 aliphatic carbocycles. The molecule has 3 rings (SSSR count). The number of carbonyl (C=O) groups is 1. The van der Waals surface area contributed by atoms with Gasteiger partial charge >= 0.3 is 0 Å². The second-order valence-corrected chi connectivity index (χ2v) is 8.36. The average molecular weight is 405 g/mol. The number of hydrogen-bond acceptors (Lipinski definition) is 5. The topological polar surface area (TPSA) is 94.0 Å². The van der Waals surface area contributed by atoms with Gasteiger partial charge in [0.1, 0.15) is 12.7 Å². The van der Waals surface area contributed by atoms with Crippen molar-refractivity contribution in [1.29, 1.82) is 0 Å². The van der Waals surface area contributed by atoms with E-state index in [4.69, 9.17) is 11.6 Å². The van der Waals surface area contributed by atoms with Gasteiger partial charge in [-0.25, -0.2) is 13.4 Å². The Bertz CT molecular complexity index is 1040. The van der Waals surface area contributed by atoms with Gasteiger partial charge in [-0.15, -0.1) is 0 Å². The first-order chi connectivity index (χ1) is 12.8. The highest BCUT2D eigenvalue weighted by atomic mass is 35.5. The first-order valence-corrected chi connectivity index (χ1v) is 10.3. The molecule has 0 bridgehead atoms. The Balaban J connectivity index is 1.89. The van der Waals surface area contributed by atoms with Crippen LogP contribution in [0.5, 0.6) is 0 Å². The highest BCUT2D eigenvalue weighted by molar-refractivity contribution is 7.90. The van der Waals surface area contributed by atoms with E-state index >= 15 is 0 Å². The average Bonchev–Trinajstić information content (AvgIpc) is 3.14. The lowest BCUT2D eigenvalue weighted by Gasteiger charge is -2.19. The van der Waals surface area contributed by atoms with Crippen molar-refractivity contribution in [3.05, 3.63) is 77.3 Å². The normalized spacial score (nSPS) is 12.5. The summed E-state index contributed by atoms with van der Waals surface area (Å²) in [6.07, 6.45) is 4.03. The molecule has 0 saturated heterocycles. The number of carbonyl (C=O) groups excluding carboxylic acids is 1. The molecule has 7 nitrogen and oxygen atoms in total. The summed E-state index contributed by atoms with van der Waals surface area (Å²) >= 11 is 5.95. The van der Waals surface area contributed by atoms with Crippen LogP contribution in [-0.2, 0) is 16.4 Å². The van der Waals surface area contributed by atoms with Gasteiger partial charge in [0.25, 0.3) is 5.91 Å². The lowest BCUT2D eigenvalue weighted by Crippen LogP contribution is -2.31. The molecule has 0 aliphatic rings. The zero-order valence-electron chi connectivity index (χ0n) is 14.4. The number of hydrogen-bond donors (Lipinski definition) is 1. The highest BCUT2D eigenvalue weighted by Crippen LogP contribution is 2.23. The van der Waals surface area contributed by atoms with Crippen molar-refractivity contribution >= 4 is 27.3 Å². The number of amides is 1. The summed E-state index contributed by atoms with van der Waals surface area (Å²) in [7, 11) is -3.55. The molecule has 1 unspecified atom stereocenters. The van der Waals surface area contributed by atoms with Crippen LogP contribution in [0.2, 0.25) is 5.02 Å². The van der Waals surface area contributed by atoms with Crippen LogP contribution >= 0.6 is 11.6 Å². The molecule has 3 aromatic rings. The SMILES string of the molecule is CS(=O)(=O)c1cc(C(=O)NC(Cn2cncn2)c2ccccc2)ccc1Cl. The van der Waals surface area contributed by atoms with Crippen molar-refractivity contribution in [2.24, 2.45) is 0 Å². The van der Waals surface area contributed by atoms with E-state index in [-0.39, 0.29) is 21.5 Å². The molecule has 1 heterocycles. The zero-order valence-corrected chi connectivity index (χ0v) is 16.0. The third-order valence-corrected chi connectivity index (χ3v) is 5.51. The van der Waals surface area contributed by atoms with Crippen molar-refractivity contribution in [2.75, 3.05) is 6.26 Å². The fraction of sp³-hybridized carbons (Fsp3) is 0.167. The maximum absolute atomic E-state index is 12.8. The summed E-state index contributed by atoms with van der Waals surface area (Å²) in [6.45, 7) is 0.377. The number of nitrogens with zero attached hydrogens (tertiary/aromatic N) is 3. The van der Waals surface area contributed by atoms with Crippen LogP contribution in [-0.4, -0.2) is 35.3 Å². The maximum atomic E-state index is 12.8. The lowest BCUT2D eigenvalue weighted by molar-refractivity contribution is 0.0931. The fourth-order valence-corrected chi connectivity index (χ4v) is 3.91. The van der Waals surface area contributed by atoms with Gasteiger partial charge in [0, 0.05) is 11.8 Å². The van der Waals surface area contributed by atoms with Crippen LogP contribution in [0.1, 0.15) is 22.0 Å². The van der Waals surface area contributed by atoms with Gasteiger partial charge in [0.05, 0.1) is 22.5 Å². The van der Waals surface area contributed by atoms with Crippen LogP contribution in [0.25, 0.3) is 0 Å². The molecular formula is C18H17ClN4O3S. The van der Waals surface area contributed by atoms with Gasteiger partial charge in [0.2, 0.25) is 0 Å². The molecular weight excluding hydrogens is 388 g/mol. The van der Waals surface area contributed by atoms with Crippen molar-refractivity contribution in [1.82, 2.24) is 20.1 Å². The predicted octanol–water partition coefficient (Wildman–Crippen LogP) is 2.51. The minimum atomic E-state index is -3.55. The minimum absolute atomic E-state index is 0.0793. The molecule has 0 radical (unpaired) electrons. The first kappa shape index (κ1) is 19.1. The van der Waals surface area contributed by atoms with Crippen LogP contribution in [0, 0.1) is 0 Å². The summed E-state index contributed by atoms with van der Waals surface area (Å²) in [5.41, 5.74) is 1.10. The molecule has 9 heteroatoms. The van der Waals surface area contributed by atoms with Crippen LogP contribution in [0.4, 0.5) is 0 Å². The first-order valence-electron chi connectivity index (χ1n) is 8.02. The summed E-state index contributed by atoms with van der Waals surface area (Å²) in [6, 6.07) is 13.2. The van der Waals surface area contributed by atoms with Gasteiger partial charge < -0.3 is 5.32 Å². The molecule has 2 aromatic carbocycles. The zero-order chi connectivity index (χ0) is 19.4. The van der Waals surface area contributed by atoms with Gasteiger partial charge in [-0.1, -0.05) is 41.9 Å². The van der Waals surface area contributed by atoms with Gasteiger partial charge in [0.15, 0.2) is 9.84 Å². The van der Waals surface area contributed by atoms with Gasteiger partial charge in [-0.3, -0.25) is 9.48 Å². The molecule has 1 amide bonds. The van der Waals surface area contributed by atoms with E-state index in [1.807, 2.05) is 30.3 Å². The quantitative estimate of drug-likeness (QED) is 0.681. The Hall–Kier alpha value is -2.71. The second-order valence-electron chi connectivity index (χ2n) is 5.97. The van der Waals surface area contributed by atoms with Crippen LogP contribution < -0.4 is 5.32 Å². The molecule has 1 aromatic heterocycles. The van der Waals surface area contributed by atoms with Crippen LogP contribution in [0.15, 0.2) is 66.1 Å². The molecule has 0 aliphatic heterocycles. The largest absolute Gasteiger partial charge is 0.343 e. The summed E-state index contributed by atoms with van der Waals surface area (Å²) in [5.74, 6) is -0.412. The highest BCUT2D eigenvalue weighted by Gasteiger charge is 2.20. The van der Waals surface area contributed by atoms with E-state index in [1.54, 1.807) is 11.0 Å². The van der Waals surface area contributed by atoms with Crippen molar-refractivity contribution < 1.29 is 13.2 Å². The molecule has 27 heavy (non-hydrogen) atoms. The number of halogens is 1. The molecule has 1 N–H and O–H groups in total. The number of nitrogens with one attached hydrogen (secondary N) is 1. The third kappa shape index (κ3) is 4.72. The number of rotatable bonds is 6. The number of benzene rings is 2. The second kappa shape index (κ2) is 7.89. The minimum Gasteiger partial charge on any atom is -0.343 e. The summed E-state index contributed by atoms with van der Waals surface area (Å²) < 4.78 is 25.3. The van der Waals surface area contributed by atoms with E-state index < -0.39 is 15.7 Å². The maximum Gasteiger partial charge on any atom is 0.251 e. The smallest absolute Gasteiger partial charge is 0.251 e. The molecule has 0 spiro atoms. The van der Waals surface area contributed by atoms with Gasteiger partial charge in [-0.05, 0) is 23.8 Å². The predicted molar refractivity (Wildman–Crippen MR) is 101 cm³/mol. The van der Waals surface area contributed by atoms with E-state index in [0.717, 1.165) is 11.8 Å². The Kier molecular flexibility index (Phi) is 5.57. The third-order valence-electron chi connectivity index (χ3n) is 3.94. The molecule has 140 valence electrons. The number of sulfone groups is 1. The van der Waals surface area contributed by atoms with Crippen molar-refractivity contribution in [3.8, 4) is 0 Å². The Morgan fingerprint density at radius 2 is 1.96 bits per heavy atom. The molecule has 1 atom stereocenters. The summed E-state index contributed by atoms with van der Waals surface area (Å²) in [5, 5.41) is 7.08. The van der Waals surface area contributed by atoms with E-state index in [9.17, 15) is 13.2 Å². The standard InChI is InChI=1S/C18H17ClN4O3S/c1-27(25,26)17-9-14(7-8-15(17)19)18(24)22-16(10-23-12-20-11-21-23)13-5-3-2-4-6-13/h2-9,11-12,16H,10H2,1H3,(H,22,24). The molecule has 0 fully saturated rings. The fourth-order valence-electron chi connectivity index (χ4n) is 2.60. The van der Waals surface area contributed by atoms with E-state index in [0.29, 0.717) is 6.54 Å². The van der Waals surface area contributed by atoms with Crippen molar-refractivity contribution in [2.45, 2.75) is 17.5 Å². The molecule has 0 saturated carbocycles. The Labute approximate surface area is 161 Å². The van der Waals surface area contributed by atoms with E-state index in [1.165, 1.54) is 24.5 Å². The number of aromatic nitrogens is 3. The summed E-state index contributed by atoms with van der Waals surface area (Å²) in [4.78, 5) is 16.6. The Morgan fingerprint density at radius 3 is 2.59 bits per heavy atom. The van der Waals surface area contributed by atoms with E-state index in [2.05, 4.69) is 15.4 Å². The lowest BCUT2D eigenvalue weighted by atomic mass is 10.1. The van der Waals surface area contributed by atoms with Gasteiger partial charge in [-0.2, -0.15) is 5.10 Å². The Morgan fingerprint density at radius 1 is 1.22 bits per heavy atom.